The second-order valence-electron chi connectivity index (χ2n) is 8.38. The summed E-state index contributed by atoms with van der Waals surface area (Å²) in [6, 6.07) is 0. The van der Waals surface area contributed by atoms with Crippen LogP contribution in [0.4, 0.5) is 0 Å². The molecule has 0 aromatic rings. The third kappa shape index (κ3) is 7.51. The van der Waals surface area contributed by atoms with E-state index in [0.29, 0.717) is 5.92 Å². The van der Waals surface area contributed by atoms with Gasteiger partial charge in [0.1, 0.15) is 0 Å². The van der Waals surface area contributed by atoms with Crippen molar-refractivity contribution in [2.75, 3.05) is 0 Å². The summed E-state index contributed by atoms with van der Waals surface area (Å²) in [6.07, 6.45) is 25.8. The van der Waals surface area contributed by atoms with Crippen molar-refractivity contribution in [3.63, 3.8) is 0 Å². The van der Waals surface area contributed by atoms with E-state index < -0.39 is 0 Å². The first-order valence-corrected chi connectivity index (χ1v) is 11.1. The van der Waals surface area contributed by atoms with E-state index in [1.165, 1.54) is 116 Å². The van der Waals surface area contributed by atoms with Crippen LogP contribution in [0.2, 0.25) is 0 Å². The summed E-state index contributed by atoms with van der Waals surface area (Å²) >= 11 is 0. The van der Waals surface area contributed by atoms with Gasteiger partial charge in [-0.25, -0.2) is 0 Å². The Labute approximate surface area is 150 Å². The van der Waals surface area contributed by atoms with Gasteiger partial charge in [0.05, 0.1) is 5.92 Å². The van der Waals surface area contributed by atoms with Gasteiger partial charge in [-0.2, -0.15) is 4.79 Å². The van der Waals surface area contributed by atoms with Crippen molar-refractivity contribution in [2.24, 2.45) is 11.8 Å². The number of hydrogen-bond donors (Lipinski definition) is 0. The molecule has 2 heteroatoms. The molecule has 0 aromatic carbocycles. The Kier molecular flexibility index (Phi) is 10.4. The van der Waals surface area contributed by atoms with Crippen molar-refractivity contribution < 1.29 is 4.79 Å². The average molecular weight is 333 g/mol. The molecule has 0 spiro atoms. The second kappa shape index (κ2) is 12.7. The first-order chi connectivity index (χ1) is 11.9. The Morgan fingerprint density at radius 3 is 1.46 bits per heavy atom. The Balaban J connectivity index is 2.02. The van der Waals surface area contributed by atoms with Gasteiger partial charge in [0.25, 0.3) is 5.71 Å². The summed E-state index contributed by atoms with van der Waals surface area (Å²) in [5, 5.41) is 0. The Morgan fingerprint density at radius 1 is 0.542 bits per heavy atom. The maximum atomic E-state index is 9.70. The van der Waals surface area contributed by atoms with E-state index in [9.17, 15) is 5.53 Å². The van der Waals surface area contributed by atoms with Crippen LogP contribution in [0.1, 0.15) is 122 Å². The molecule has 1 atom stereocenters. The van der Waals surface area contributed by atoms with Gasteiger partial charge in [0.2, 0.25) is 0 Å². The van der Waals surface area contributed by atoms with E-state index in [2.05, 4.69) is 4.79 Å². The van der Waals surface area contributed by atoms with Crippen molar-refractivity contribution >= 4 is 5.71 Å². The highest BCUT2D eigenvalue weighted by Gasteiger charge is 2.30. The number of hydrogen-bond acceptors (Lipinski definition) is 0. The third-order valence-electron chi connectivity index (χ3n) is 6.47. The zero-order chi connectivity index (χ0) is 16.9. The maximum absolute atomic E-state index is 9.70. The summed E-state index contributed by atoms with van der Waals surface area (Å²) in [7, 11) is 0. The summed E-state index contributed by atoms with van der Waals surface area (Å²) < 4.78 is 0. The third-order valence-corrected chi connectivity index (χ3v) is 6.47. The molecular formula is C22H40N2. The lowest BCUT2D eigenvalue weighted by Crippen LogP contribution is -2.25. The molecular weight excluding hydrogens is 292 g/mol. The second-order valence-corrected chi connectivity index (χ2v) is 8.38. The first kappa shape index (κ1) is 19.7. The minimum atomic E-state index is 0.564. The minimum absolute atomic E-state index is 0.564. The molecule has 24 heavy (non-hydrogen) atoms. The molecule has 138 valence electrons. The molecule has 0 bridgehead atoms. The van der Waals surface area contributed by atoms with Gasteiger partial charge in [-0.05, 0) is 31.6 Å². The molecule has 0 radical (unpaired) electrons. The highest BCUT2D eigenvalue weighted by molar-refractivity contribution is 5.81. The fraction of sp³-hybridized carbons (Fsp3) is 0.955. The molecule has 0 saturated heterocycles. The number of rotatable bonds is 1. The minimum Gasteiger partial charge on any atom is -0.362 e. The zero-order valence-electron chi connectivity index (χ0n) is 16.0. The summed E-state index contributed by atoms with van der Waals surface area (Å²) in [5.41, 5.74) is 10.9. The SMILES string of the molecule is [N-]=[N+]=C1CCCCCCCCCC1C1CCCCCCCCCC1. The van der Waals surface area contributed by atoms with Gasteiger partial charge in [-0.1, -0.05) is 89.9 Å². The van der Waals surface area contributed by atoms with Gasteiger partial charge >= 0.3 is 0 Å². The van der Waals surface area contributed by atoms with Crippen LogP contribution in [-0.4, -0.2) is 10.5 Å². The molecule has 0 heterocycles. The summed E-state index contributed by atoms with van der Waals surface area (Å²) in [4.78, 5) is 3.84. The van der Waals surface area contributed by atoms with Crippen LogP contribution in [0.3, 0.4) is 0 Å². The molecule has 0 aliphatic heterocycles. The Morgan fingerprint density at radius 2 is 0.958 bits per heavy atom. The van der Waals surface area contributed by atoms with E-state index in [1.807, 2.05) is 0 Å². The lowest BCUT2D eigenvalue weighted by Gasteiger charge is -2.24. The molecule has 0 N–H and O–H groups in total. The van der Waals surface area contributed by atoms with Crippen LogP contribution in [0.25, 0.3) is 5.53 Å². The molecule has 0 amide bonds. The van der Waals surface area contributed by atoms with Crippen molar-refractivity contribution in [3.05, 3.63) is 5.53 Å². The molecule has 1 unspecified atom stereocenters. The molecule has 2 aliphatic carbocycles. The predicted molar refractivity (Wildman–Crippen MR) is 103 cm³/mol. The topological polar surface area (TPSA) is 36.4 Å². The van der Waals surface area contributed by atoms with E-state index in [-0.39, 0.29) is 0 Å². The van der Waals surface area contributed by atoms with E-state index in [0.717, 1.165) is 18.1 Å². The van der Waals surface area contributed by atoms with Crippen molar-refractivity contribution in [3.8, 4) is 0 Å². The van der Waals surface area contributed by atoms with Crippen LogP contribution in [0, 0.1) is 11.8 Å². The lowest BCUT2D eigenvalue weighted by atomic mass is 9.77. The van der Waals surface area contributed by atoms with Gasteiger partial charge in [-0.15, -0.1) is 0 Å². The van der Waals surface area contributed by atoms with E-state index in [4.69, 9.17) is 0 Å². The monoisotopic (exact) mass is 332 g/mol. The summed E-state index contributed by atoms with van der Waals surface area (Å²) in [6.45, 7) is 0. The highest BCUT2D eigenvalue weighted by Crippen LogP contribution is 2.33. The fourth-order valence-corrected chi connectivity index (χ4v) is 4.96. The molecule has 0 aromatic heterocycles. The van der Waals surface area contributed by atoms with Crippen LogP contribution in [0.15, 0.2) is 0 Å². The molecule has 2 fully saturated rings. The van der Waals surface area contributed by atoms with Gasteiger partial charge in [-0.3, -0.25) is 0 Å². The molecule has 2 rings (SSSR count). The number of nitrogens with zero attached hydrogens (tertiary/aromatic N) is 2. The Bertz CT molecular complexity index is 358. The predicted octanol–water partition coefficient (Wildman–Crippen LogP) is 7.33. The van der Waals surface area contributed by atoms with Crippen LogP contribution < -0.4 is 0 Å². The smallest absolute Gasteiger partial charge is 0.272 e. The van der Waals surface area contributed by atoms with Gasteiger partial charge < -0.3 is 5.53 Å². The first-order valence-electron chi connectivity index (χ1n) is 11.1. The van der Waals surface area contributed by atoms with Crippen molar-refractivity contribution in [1.29, 1.82) is 0 Å². The van der Waals surface area contributed by atoms with Gasteiger partial charge in [0, 0.05) is 6.42 Å². The lowest BCUT2D eigenvalue weighted by molar-refractivity contribution is -0.0203. The normalized spacial score (nSPS) is 27.5. The average Bonchev–Trinajstić information content (AvgIpc) is 2.70. The van der Waals surface area contributed by atoms with Crippen molar-refractivity contribution in [2.45, 2.75) is 122 Å². The fourth-order valence-electron chi connectivity index (χ4n) is 4.96. The van der Waals surface area contributed by atoms with Crippen LogP contribution >= 0.6 is 0 Å². The van der Waals surface area contributed by atoms with Gasteiger partial charge in [0.15, 0.2) is 0 Å². The largest absolute Gasteiger partial charge is 0.362 e. The van der Waals surface area contributed by atoms with Crippen LogP contribution in [-0.2, 0) is 0 Å². The highest BCUT2D eigenvalue weighted by atomic mass is 14.9. The molecule has 2 nitrogen and oxygen atoms in total. The molecule has 2 saturated carbocycles. The van der Waals surface area contributed by atoms with E-state index in [1.54, 1.807) is 0 Å². The quantitative estimate of drug-likeness (QED) is 0.356. The summed E-state index contributed by atoms with van der Waals surface area (Å²) in [5.74, 6) is 1.34. The zero-order valence-corrected chi connectivity index (χ0v) is 16.0. The molecule has 2 aliphatic rings. The van der Waals surface area contributed by atoms with E-state index >= 15 is 0 Å². The van der Waals surface area contributed by atoms with Crippen LogP contribution in [0.5, 0.6) is 0 Å². The Hall–Kier alpha value is -0.620. The van der Waals surface area contributed by atoms with Crippen molar-refractivity contribution in [1.82, 2.24) is 0 Å². The standard InChI is InChI=1S/C22H40N2/c23-24-22-19-15-11-7-3-6-10-14-18-21(22)20-16-12-8-4-1-2-5-9-13-17-20/h20-21H,1-19H2. The maximum Gasteiger partial charge on any atom is 0.272 e.